The van der Waals surface area contributed by atoms with Crippen molar-refractivity contribution in [3.8, 4) is 5.75 Å². The number of nitrogens with one attached hydrogen (secondary N) is 1. The second-order valence-electron chi connectivity index (χ2n) is 7.30. The summed E-state index contributed by atoms with van der Waals surface area (Å²) in [5.41, 5.74) is 3.23. The Labute approximate surface area is 169 Å². The molecule has 0 radical (unpaired) electrons. The van der Waals surface area contributed by atoms with Crippen molar-refractivity contribution in [3.63, 3.8) is 0 Å². The second kappa shape index (κ2) is 6.62. The zero-order valence-corrected chi connectivity index (χ0v) is 16.4. The molecule has 2 aromatic carbocycles. The van der Waals surface area contributed by atoms with Gasteiger partial charge in [0.1, 0.15) is 11.5 Å². The second-order valence-corrected chi connectivity index (χ2v) is 7.30. The van der Waals surface area contributed by atoms with E-state index in [0.717, 1.165) is 34.8 Å². The Kier molecular flexibility index (Phi) is 4.05. The molecule has 1 aliphatic carbocycles. The van der Waals surface area contributed by atoms with Crippen LogP contribution in [0.5, 0.6) is 5.75 Å². The lowest BCUT2D eigenvalue weighted by molar-refractivity contribution is -0.0142. The summed E-state index contributed by atoms with van der Waals surface area (Å²) in [4.78, 5) is 17.3. The van der Waals surface area contributed by atoms with E-state index >= 15 is 0 Å². The quantitative estimate of drug-likeness (QED) is 0.792. The first kappa shape index (κ1) is 17.7. The van der Waals surface area contributed by atoms with Crippen LogP contribution in [0.4, 0.5) is 5.69 Å². The SMILES string of the molecule is CC/N=C1\C=CC2C(=C1)Oc1cc(NCC)ccc1C21OC(=O)c2ccccc21. The predicted octanol–water partition coefficient (Wildman–Crippen LogP) is 4.46. The van der Waals surface area contributed by atoms with E-state index in [1.54, 1.807) is 0 Å². The minimum absolute atomic E-state index is 0.247. The zero-order valence-electron chi connectivity index (χ0n) is 16.4. The fourth-order valence-corrected chi connectivity index (χ4v) is 4.48. The van der Waals surface area contributed by atoms with Gasteiger partial charge in [0, 0.05) is 42.0 Å². The summed E-state index contributed by atoms with van der Waals surface area (Å²) < 4.78 is 12.5. The van der Waals surface area contributed by atoms with E-state index < -0.39 is 5.60 Å². The van der Waals surface area contributed by atoms with Gasteiger partial charge in [0.05, 0.1) is 17.2 Å². The van der Waals surface area contributed by atoms with Gasteiger partial charge in [-0.15, -0.1) is 0 Å². The van der Waals surface area contributed by atoms with E-state index in [1.165, 1.54) is 0 Å². The highest BCUT2D eigenvalue weighted by Crippen LogP contribution is 2.56. The molecule has 0 bridgehead atoms. The summed E-state index contributed by atoms with van der Waals surface area (Å²) in [5.74, 6) is 0.889. The fraction of sp³-hybridized carbons (Fsp3) is 0.250. The molecule has 0 saturated heterocycles. The maximum atomic E-state index is 12.8. The van der Waals surface area contributed by atoms with E-state index in [9.17, 15) is 4.79 Å². The number of anilines is 1. The van der Waals surface area contributed by atoms with E-state index in [2.05, 4.69) is 17.2 Å². The molecule has 0 fully saturated rings. The van der Waals surface area contributed by atoms with Crippen LogP contribution in [0.25, 0.3) is 0 Å². The Morgan fingerprint density at radius 1 is 1.14 bits per heavy atom. The lowest BCUT2D eigenvalue weighted by Crippen LogP contribution is -2.42. The van der Waals surface area contributed by atoms with E-state index in [0.29, 0.717) is 17.9 Å². The normalized spacial score (nSPS) is 25.0. The van der Waals surface area contributed by atoms with Gasteiger partial charge in [-0.05, 0) is 38.1 Å². The van der Waals surface area contributed by atoms with Gasteiger partial charge in [-0.1, -0.05) is 24.3 Å². The average molecular weight is 386 g/mol. The number of nitrogens with zero attached hydrogens (tertiary/aromatic N) is 1. The summed E-state index contributed by atoms with van der Waals surface area (Å²) in [6.07, 6.45) is 5.98. The van der Waals surface area contributed by atoms with Crippen molar-refractivity contribution in [2.75, 3.05) is 18.4 Å². The highest BCUT2D eigenvalue weighted by molar-refractivity contribution is 6.05. The molecule has 2 aliphatic heterocycles. The maximum Gasteiger partial charge on any atom is 0.339 e. The molecule has 2 unspecified atom stereocenters. The summed E-state index contributed by atoms with van der Waals surface area (Å²) in [7, 11) is 0. The van der Waals surface area contributed by atoms with Gasteiger partial charge in [0.25, 0.3) is 0 Å². The van der Waals surface area contributed by atoms with Gasteiger partial charge in [-0.25, -0.2) is 4.79 Å². The summed E-state index contributed by atoms with van der Waals surface area (Å²) in [6.45, 7) is 5.55. The lowest BCUT2D eigenvalue weighted by Gasteiger charge is -2.42. The Morgan fingerprint density at radius 2 is 2.00 bits per heavy atom. The smallest absolute Gasteiger partial charge is 0.339 e. The van der Waals surface area contributed by atoms with Crippen molar-refractivity contribution in [1.82, 2.24) is 0 Å². The van der Waals surface area contributed by atoms with Gasteiger partial charge in [-0.2, -0.15) is 0 Å². The van der Waals surface area contributed by atoms with E-state index in [4.69, 9.17) is 9.47 Å². The number of ether oxygens (including phenoxy) is 2. The van der Waals surface area contributed by atoms with E-state index in [-0.39, 0.29) is 11.9 Å². The number of aliphatic imine (C=N–C) groups is 1. The molecule has 0 aromatic heterocycles. The van der Waals surface area contributed by atoms with Gasteiger partial charge < -0.3 is 14.8 Å². The van der Waals surface area contributed by atoms with E-state index in [1.807, 2.05) is 67.6 Å². The van der Waals surface area contributed by atoms with Crippen LogP contribution in [0, 0.1) is 5.92 Å². The first-order valence-electron chi connectivity index (χ1n) is 10.0. The van der Waals surface area contributed by atoms with Gasteiger partial charge in [0.15, 0.2) is 5.60 Å². The average Bonchev–Trinajstić information content (AvgIpc) is 3.02. The minimum atomic E-state index is -0.938. The highest BCUT2D eigenvalue weighted by atomic mass is 16.6. The van der Waals surface area contributed by atoms with Crippen LogP contribution in [0.1, 0.15) is 35.3 Å². The third-order valence-corrected chi connectivity index (χ3v) is 5.63. The highest BCUT2D eigenvalue weighted by Gasteiger charge is 2.57. The molecule has 3 aliphatic rings. The van der Waals surface area contributed by atoms with Crippen LogP contribution in [0.15, 0.2) is 71.4 Å². The molecule has 0 saturated carbocycles. The van der Waals surface area contributed by atoms with Crippen LogP contribution in [0.3, 0.4) is 0 Å². The first-order chi connectivity index (χ1) is 14.2. The summed E-state index contributed by atoms with van der Waals surface area (Å²) in [6, 6.07) is 13.6. The number of allylic oxidation sites excluding steroid dienone is 2. The Balaban J connectivity index is 1.76. The molecule has 1 N–H and O–H groups in total. The molecule has 5 nitrogen and oxygen atoms in total. The molecule has 146 valence electrons. The van der Waals surface area contributed by atoms with Gasteiger partial charge >= 0.3 is 5.97 Å². The largest absolute Gasteiger partial charge is 0.460 e. The van der Waals surface area contributed by atoms with Crippen molar-refractivity contribution in [1.29, 1.82) is 0 Å². The third-order valence-electron chi connectivity index (χ3n) is 5.63. The molecule has 2 atom stereocenters. The molecule has 5 rings (SSSR count). The number of esters is 1. The summed E-state index contributed by atoms with van der Waals surface area (Å²) >= 11 is 0. The predicted molar refractivity (Wildman–Crippen MR) is 113 cm³/mol. The van der Waals surface area contributed by atoms with Crippen LogP contribution in [-0.2, 0) is 10.3 Å². The van der Waals surface area contributed by atoms with Crippen molar-refractivity contribution < 1.29 is 14.3 Å². The zero-order chi connectivity index (χ0) is 20.0. The molecule has 2 aromatic rings. The fourth-order valence-electron chi connectivity index (χ4n) is 4.48. The van der Waals surface area contributed by atoms with Crippen molar-refractivity contribution >= 4 is 17.4 Å². The van der Waals surface area contributed by atoms with Crippen molar-refractivity contribution in [2.24, 2.45) is 10.9 Å². The number of fused-ring (bicyclic) bond motifs is 6. The standard InChI is InChI=1S/C24H22N2O3/c1-3-25-15-9-11-19-21(13-15)28-22-14-16(26-4-2)10-12-20(22)24(19)18-8-6-5-7-17(18)23(27)29-24/h5-14,19,26H,3-4H2,1-2H3/b25-15+. The number of hydrogen-bond acceptors (Lipinski definition) is 5. The number of hydrogen-bond donors (Lipinski definition) is 1. The number of carbonyl (C=O) groups is 1. The van der Waals surface area contributed by atoms with Crippen LogP contribution in [0.2, 0.25) is 0 Å². The topological polar surface area (TPSA) is 59.9 Å². The summed E-state index contributed by atoms with van der Waals surface area (Å²) in [5, 5.41) is 3.32. The van der Waals surface area contributed by atoms with Crippen LogP contribution < -0.4 is 10.1 Å². The number of benzene rings is 2. The van der Waals surface area contributed by atoms with Gasteiger partial charge in [-0.3, -0.25) is 4.99 Å². The van der Waals surface area contributed by atoms with Gasteiger partial charge in [0.2, 0.25) is 0 Å². The molecule has 29 heavy (non-hydrogen) atoms. The molecule has 1 spiro atoms. The molecular weight excluding hydrogens is 364 g/mol. The monoisotopic (exact) mass is 386 g/mol. The Bertz CT molecular complexity index is 1100. The maximum absolute atomic E-state index is 12.8. The molecule has 5 heteroatoms. The van der Waals surface area contributed by atoms with Crippen molar-refractivity contribution in [3.05, 3.63) is 83.1 Å². The Morgan fingerprint density at radius 3 is 2.83 bits per heavy atom. The minimum Gasteiger partial charge on any atom is -0.460 e. The molecule has 2 heterocycles. The third kappa shape index (κ3) is 2.54. The number of carbonyl (C=O) groups excluding carboxylic acids is 1. The number of rotatable bonds is 3. The molecule has 0 amide bonds. The first-order valence-corrected chi connectivity index (χ1v) is 10.0. The molecular formula is C24H22N2O3. The van der Waals surface area contributed by atoms with Crippen LogP contribution >= 0.6 is 0 Å². The van der Waals surface area contributed by atoms with Crippen molar-refractivity contribution in [2.45, 2.75) is 19.4 Å². The van der Waals surface area contributed by atoms with Crippen LogP contribution in [-0.4, -0.2) is 24.8 Å². The Hall–Kier alpha value is -3.34. The lowest BCUT2D eigenvalue weighted by atomic mass is 9.71.